The number of halogens is 2. The summed E-state index contributed by atoms with van der Waals surface area (Å²) in [4.78, 5) is 11.7. The van der Waals surface area contributed by atoms with Crippen LogP contribution in [0.15, 0.2) is 42.5 Å². The maximum Gasteiger partial charge on any atom is 0.262 e. The van der Waals surface area contributed by atoms with Gasteiger partial charge in [0.2, 0.25) is 0 Å². The molecule has 1 N–H and O–H groups in total. The Hall–Kier alpha value is -2.27. The van der Waals surface area contributed by atoms with Crippen LogP contribution in [-0.2, 0) is 4.79 Å². The first-order chi connectivity index (χ1) is 10.1. The van der Waals surface area contributed by atoms with Crippen molar-refractivity contribution in [2.24, 2.45) is 0 Å². The Bertz CT molecular complexity index is 631. The number of hydrogen-bond donors (Lipinski definition) is 1. The molecule has 0 aliphatic carbocycles. The average molecular weight is 310 g/mol. The van der Waals surface area contributed by atoms with Crippen LogP contribution < -0.4 is 14.8 Å². The average Bonchev–Trinajstić information content (AvgIpc) is 2.48. The van der Waals surface area contributed by atoms with Crippen LogP contribution in [0.3, 0.4) is 0 Å². The molecule has 0 aliphatic rings. The highest BCUT2D eigenvalue weighted by atomic mass is 35.5. The first-order valence-corrected chi connectivity index (χ1v) is 6.48. The Morgan fingerprint density at radius 1 is 1.19 bits per heavy atom. The Kier molecular flexibility index (Phi) is 5.00. The minimum atomic E-state index is -0.465. The maximum atomic E-state index is 12.9. The number of amides is 1. The van der Waals surface area contributed by atoms with Gasteiger partial charge >= 0.3 is 0 Å². The van der Waals surface area contributed by atoms with Crippen molar-refractivity contribution >= 4 is 23.2 Å². The predicted molar refractivity (Wildman–Crippen MR) is 78.5 cm³/mol. The van der Waals surface area contributed by atoms with Gasteiger partial charge in [-0.25, -0.2) is 4.39 Å². The summed E-state index contributed by atoms with van der Waals surface area (Å²) < 4.78 is 23.2. The molecule has 0 aromatic heterocycles. The van der Waals surface area contributed by atoms with E-state index in [4.69, 9.17) is 21.1 Å². The SMILES string of the molecule is COc1ccc(OCC(=O)Nc2ccc(F)cc2Cl)cc1. The molecule has 0 bridgehead atoms. The van der Waals surface area contributed by atoms with E-state index in [1.807, 2.05) is 0 Å². The van der Waals surface area contributed by atoms with Gasteiger partial charge in [-0.15, -0.1) is 0 Å². The predicted octanol–water partition coefficient (Wildman–Crippen LogP) is 3.51. The van der Waals surface area contributed by atoms with Crippen LogP contribution in [0, 0.1) is 5.82 Å². The van der Waals surface area contributed by atoms with Crippen LogP contribution in [0.1, 0.15) is 0 Å². The van der Waals surface area contributed by atoms with E-state index in [2.05, 4.69) is 5.32 Å². The third-order valence-electron chi connectivity index (χ3n) is 2.63. The molecule has 21 heavy (non-hydrogen) atoms. The first kappa shape index (κ1) is 15.1. The Labute approximate surface area is 126 Å². The smallest absolute Gasteiger partial charge is 0.262 e. The van der Waals surface area contributed by atoms with Gasteiger partial charge in [0.05, 0.1) is 17.8 Å². The molecular formula is C15H13ClFNO3. The zero-order valence-electron chi connectivity index (χ0n) is 11.2. The molecule has 0 aliphatic heterocycles. The summed E-state index contributed by atoms with van der Waals surface area (Å²) in [5, 5.41) is 2.68. The lowest BCUT2D eigenvalue weighted by atomic mass is 10.3. The molecule has 2 aromatic carbocycles. The van der Waals surface area contributed by atoms with E-state index in [0.29, 0.717) is 17.2 Å². The number of hydrogen-bond acceptors (Lipinski definition) is 3. The number of nitrogens with one attached hydrogen (secondary N) is 1. The second-order valence-corrected chi connectivity index (χ2v) is 4.54. The van der Waals surface area contributed by atoms with Crippen molar-refractivity contribution in [3.05, 3.63) is 53.3 Å². The highest BCUT2D eigenvalue weighted by Gasteiger charge is 2.07. The normalized spacial score (nSPS) is 10.0. The minimum absolute atomic E-state index is 0.132. The van der Waals surface area contributed by atoms with Crippen LogP contribution in [-0.4, -0.2) is 19.6 Å². The molecule has 2 rings (SSSR count). The van der Waals surface area contributed by atoms with Gasteiger partial charge < -0.3 is 14.8 Å². The van der Waals surface area contributed by atoms with E-state index in [-0.39, 0.29) is 17.5 Å². The zero-order valence-corrected chi connectivity index (χ0v) is 12.0. The molecule has 0 fully saturated rings. The third-order valence-corrected chi connectivity index (χ3v) is 2.95. The fourth-order valence-electron chi connectivity index (χ4n) is 1.60. The largest absolute Gasteiger partial charge is 0.497 e. The fraction of sp³-hybridized carbons (Fsp3) is 0.133. The van der Waals surface area contributed by atoms with Gasteiger partial charge in [-0.1, -0.05) is 11.6 Å². The van der Waals surface area contributed by atoms with Crippen LogP contribution in [0.2, 0.25) is 5.02 Å². The Morgan fingerprint density at radius 3 is 2.48 bits per heavy atom. The van der Waals surface area contributed by atoms with E-state index in [0.717, 1.165) is 6.07 Å². The number of benzene rings is 2. The molecule has 6 heteroatoms. The Balaban J connectivity index is 1.89. The van der Waals surface area contributed by atoms with E-state index in [1.54, 1.807) is 31.4 Å². The molecule has 0 atom stereocenters. The van der Waals surface area contributed by atoms with Crippen molar-refractivity contribution in [3.8, 4) is 11.5 Å². The fourth-order valence-corrected chi connectivity index (χ4v) is 1.81. The number of carbonyl (C=O) groups is 1. The van der Waals surface area contributed by atoms with Gasteiger partial charge in [0.25, 0.3) is 5.91 Å². The monoisotopic (exact) mass is 309 g/mol. The lowest BCUT2D eigenvalue weighted by Gasteiger charge is -2.09. The van der Waals surface area contributed by atoms with Crippen LogP contribution >= 0.6 is 11.6 Å². The van der Waals surface area contributed by atoms with Gasteiger partial charge in [0, 0.05) is 0 Å². The molecule has 0 unspecified atom stereocenters. The number of anilines is 1. The lowest BCUT2D eigenvalue weighted by molar-refractivity contribution is -0.118. The molecule has 0 saturated carbocycles. The molecule has 0 saturated heterocycles. The molecule has 0 spiro atoms. The molecule has 2 aromatic rings. The van der Waals surface area contributed by atoms with E-state index in [9.17, 15) is 9.18 Å². The first-order valence-electron chi connectivity index (χ1n) is 6.10. The second kappa shape index (κ2) is 6.95. The molecule has 1 amide bonds. The molecule has 0 heterocycles. The van der Waals surface area contributed by atoms with Crippen molar-refractivity contribution in [1.82, 2.24) is 0 Å². The van der Waals surface area contributed by atoms with Crippen molar-refractivity contribution in [3.63, 3.8) is 0 Å². The lowest BCUT2D eigenvalue weighted by Crippen LogP contribution is -2.20. The molecular weight excluding hydrogens is 297 g/mol. The number of rotatable bonds is 5. The van der Waals surface area contributed by atoms with Gasteiger partial charge in [-0.3, -0.25) is 4.79 Å². The van der Waals surface area contributed by atoms with Crippen molar-refractivity contribution in [1.29, 1.82) is 0 Å². The van der Waals surface area contributed by atoms with Crippen molar-refractivity contribution in [2.75, 3.05) is 19.0 Å². The summed E-state index contributed by atoms with van der Waals surface area (Å²) >= 11 is 5.81. The summed E-state index contributed by atoms with van der Waals surface area (Å²) in [6, 6.07) is 10.6. The zero-order chi connectivity index (χ0) is 15.2. The van der Waals surface area contributed by atoms with Crippen molar-refractivity contribution in [2.45, 2.75) is 0 Å². The second-order valence-electron chi connectivity index (χ2n) is 4.14. The molecule has 4 nitrogen and oxygen atoms in total. The molecule has 110 valence electrons. The minimum Gasteiger partial charge on any atom is -0.497 e. The van der Waals surface area contributed by atoms with Crippen LogP contribution in [0.25, 0.3) is 0 Å². The van der Waals surface area contributed by atoms with Gasteiger partial charge in [0.1, 0.15) is 17.3 Å². The van der Waals surface area contributed by atoms with Crippen LogP contribution in [0.4, 0.5) is 10.1 Å². The third kappa shape index (κ3) is 4.36. The summed E-state index contributed by atoms with van der Waals surface area (Å²) in [6.07, 6.45) is 0. The van der Waals surface area contributed by atoms with Crippen molar-refractivity contribution < 1.29 is 18.7 Å². The highest BCUT2D eigenvalue weighted by molar-refractivity contribution is 6.33. The Morgan fingerprint density at radius 2 is 1.86 bits per heavy atom. The summed E-state index contributed by atoms with van der Waals surface area (Å²) in [5.74, 6) is 0.382. The van der Waals surface area contributed by atoms with E-state index >= 15 is 0 Å². The summed E-state index contributed by atoms with van der Waals surface area (Å²) in [7, 11) is 1.57. The topological polar surface area (TPSA) is 47.6 Å². The summed E-state index contributed by atoms with van der Waals surface area (Å²) in [5.41, 5.74) is 0.335. The number of methoxy groups -OCH3 is 1. The van der Waals surface area contributed by atoms with E-state index in [1.165, 1.54) is 12.1 Å². The van der Waals surface area contributed by atoms with Gasteiger partial charge in [-0.2, -0.15) is 0 Å². The van der Waals surface area contributed by atoms with E-state index < -0.39 is 5.82 Å². The highest BCUT2D eigenvalue weighted by Crippen LogP contribution is 2.22. The standard InChI is InChI=1S/C15H13ClFNO3/c1-20-11-3-5-12(6-4-11)21-9-15(19)18-14-7-2-10(17)8-13(14)16/h2-8H,9H2,1H3,(H,18,19). The summed E-state index contributed by atoms with van der Waals surface area (Å²) in [6.45, 7) is -0.181. The quantitative estimate of drug-likeness (QED) is 0.919. The molecule has 0 radical (unpaired) electrons. The van der Waals surface area contributed by atoms with Gasteiger partial charge in [-0.05, 0) is 42.5 Å². The van der Waals surface area contributed by atoms with Crippen LogP contribution in [0.5, 0.6) is 11.5 Å². The maximum absolute atomic E-state index is 12.9. The number of carbonyl (C=O) groups excluding carboxylic acids is 1. The number of ether oxygens (including phenoxy) is 2. The van der Waals surface area contributed by atoms with Gasteiger partial charge in [0.15, 0.2) is 6.61 Å².